The predicted octanol–water partition coefficient (Wildman–Crippen LogP) is 1.25. The molecule has 2 aromatic heterocycles. The number of pyridine rings is 1. The van der Waals surface area contributed by atoms with E-state index in [9.17, 15) is 8.42 Å². The maximum Gasteiger partial charge on any atom is 0.243 e. The molecule has 0 aliphatic carbocycles. The quantitative estimate of drug-likeness (QED) is 0.640. The maximum absolute atomic E-state index is 12.4. The van der Waals surface area contributed by atoms with Crippen LogP contribution in [0.15, 0.2) is 40.7 Å². The molecule has 0 aliphatic rings. The Kier molecular flexibility index (Phi) is 4.15. The number of nitrogens with one attached hydrogen (secondary N) is 1. The summed E-state index contributed by atoms with van der Waals surface area (Å²) in [7, 11) is -2.00. The molecule has 8 heteroatoms. The highest BCUT2D eigenvalue weighted by Crippen LogP contribution is 2.19. The molecule has 6 nitrogen and oxygen atoms in total. The van der Waals surface area contributed by atoms with Gasteiger partial charge in [0.15, 0.2) is 0 Å². The van der Waals surface area contributed by atoms with Gasteiger partial charge in [0.1, 0.15) is 5.82 Å². The fraction of sp³-hybridized carbons (Fsp3) is 0.182. The van der Waals surface area contributed by atoms with E-state index in [1.165, 1.54) is 34.0 Å². The lowest BCUT2D eigenvalue weighted by Gasteiger charge is -2.16. The normalized spacial score (nSPS) is 11.7. The molecule has 0 spiro atoms. The molecular weight excluding hydrogens is 284 g/mol. The lowest BCUT2D eigenvalue weighted by Crippen LogP contribution is -2.26. The van der Waals surface area contributed by atoms with E-state index in [0.717, 1.165) is 4.88 Å². The number of sulfonamides is 1. The minimum absolute atomic E-state index is 0.162. The molecular formula is C11H14N4O2S2. The van der Waals surface area contributed by atoms with Gasteiger partial charge in [-0.25, -0.2) is 19.2 Å². The van der Waals surface area contributed by atoms with Gasteiger partial charge >= 0.3 is 0 Å². The Morgan fingerprint density at radius 2 is 2.26 bits per heavy atom. The van der Waals surface area contributed by atoms with E-state index in [4.69, 9.17) is 5.84 Å². The number of nitrogen functional groups attached to an aromatic ring is 1. The largest absolute Gasteiger partial charge is 0.308 e. The molecule has 0 fully saturated rings. The van der Waals surface area contributed by atoms with Crippen molar-refractivity contribution in [3.05, 3.63) is 40.7 Å². The van der Waals surface area contributed by atoms with Crippen LogP contribution in [0.3, 0.4) is 0 Å². The van der Waals surface area contributed by atoms with Gasteiger partial charge in [-0.1, -0.05) is 6.07 Å². The monoisotopic (exact) mass is 298 g/mol. The van der Waals surface area contributed by atoms with Crippen molar-refractivity contribution in [2.24, 2.45) is 5.84 Å². The van der Waals surface area contributed by atoms with E-state index in [1.807, 2.05) is 17.5 Å². The fourth-order valence-corrected chi connectivity index (χ4v) is 3.54. The number of hydrazine groups is 1. The zero-order valence-corrected chi connectivity index (χ0v) is 11.9. The molecule has 0 aromatic carbocycles. The summed E-state index contributed by atoms with van der Waals surface area (Å²) in [4.78, 5) is 5.03. The van der Waals surface area contributed by atoms with Crippen molar-refractivity contribution >= 4 is 27.2 Å². The van der Waals surface area contributed by atoms with E-state index >= 15 is 0 Å². The van der Waals surface area contributed by atoms with Crippen molar-refractivity contribution in [2.45, 2.75) is 11.4 Å². The molecule has 0 atom stereocenters. The molecule has 0 saturated heterocycles. The number of thiophene rings is 1. The summed E-state index contributed by atoms with van der Waals surface area (Å²) in [6.45, 7) is 0.341. The summed E-state index contributed by atoms with van der Waals surface area (Å²) < 4.78 is 26.0. The van der Waals surface area contributed by atoms with Crippen LogP contribution in [0, 0.1) is 0 Å². The zero-order valence-electron chi connectivity index (χ0n) is 10.3. The van der Waals surface area contributed by atoms with Gasteiger partial charge in [0.2, 0.25) is 10.0 Å². The Hall–Kier alpha value is -1.48. The topological polar surface area (TPSA) is 88.3 Å². The van der Waals surface area contributed by atoms with Crippen LogP contribution in [0.1, 0.15) is 4.88 Å². The first-order valence-corrected chi connectivity index (χ1v) is 7.77. The first kappa shape index (κ1) is 13.9. The molecule has 2 aromatic rings. The van der Waals surface area contributed by atoms with Gasteiger partial charge in [-0.2, -0.15) is 4.31 Å². The lowest BCUT2D eigenvalue weighted by molar-refractivity contribution is 0.469. The Bertz CT molecular complexity index is 640. The summed E-state index contributed by atoms with van der Waals surface area (Å²) in [5.74, 6) is 5.54. The molecule has 19 heavy (non-hydrogen) atoms. The number of hydrogen-bond acceptors (Lipinski definition) is 6. The molecule has 0 aliphatic heterocycles. The van der Waals surface area contributed by atoms with Gasteiger partial charge in [0.25, 0.3) is 0 Å². The minimum atomic E-state index is -3.54. The van der Waals surface area contributed by atoms with Gasteiger partial charge in [0.05, 0.1) is 4.90 Å². The second-order valence-corrected chi connectivity index (χ2v) is 6.94. The van der Waals surface area contributed by atoms with Gasteiger partial charge in [-0.15, -0.1) is 11.3 Å². The average Bonchev–Trinajstić information content (AvgIpc) is 2.91. The molecule has 2 rings (SSSR count). The van der Waals surface area contributed by atoms with Crippen molar-refractivity contribution in [1.29, 1.82) is 0 Å². The van der Waals surface area contributed by atoms with Gasteiger partial charge in [0, 0.05) is 30.7 Å². The van der Waals surface area contributed by atoms with E-state index < -0.39 is 10.0 Å². The number of rotatable bonds is 5. The first-order chi connectivity index (χ1) is 9.04. The van der Waals surface area contributed by atoms with Crippen LogP contribution in [0.4, 0.5) is 5.82 Å². The van der Waals surface area contributed by atoms with Crippen LogP contribution in [-0.4, -0.2) is 24.8 Å². The summed E-state index contributed by atoms with van der Waals surface area (Å²) in [6.07, 6.45) is 1.40. The van der Waals surface area contributed by atoms with Crippen molar-refractivity contribution in [3.63, 3.8) is 0 Å². The highest BCUT2D eigenvalue weighted by atomic mass is 32.2. The van der Waals surface area contributed by atoms with E-state index in [1.54, 1.807) is 7.05 Å². The van der Waals surface area contributed by atoms with Crippen molar-refractivity contribution < 1.29 is 8.42 Å². The number of hydrogen-bond donors (Lipinski definition) is 2. The van der Waals surface area contributed by atoms with Crippen molar-refractivity contribution in [1.82, 2.24) is 9.29 Å². The second kappa shape index (κ2) is 5.66. The number of aromatic nitrogens is 1. The van der Waals surface area contributed by atoms with E-state index in [2.05, 4.69) is 10.4 Å². The molecule has 102 valence electrons. The molecule has 0 radical (unpaired) electrons. The summed E-state index contributed by atoms with van der Waals surface area (Å²) in [5, 5.41) is 1.92. The molecule has 3 N–H and O–H groups in total. The third kappa shape index (κ3) is 3.10. The molecule has 2 heterocycles. The van der Waals surface area contributed by atoms with E-state index in [-0.39, 0.29) is 4.90 Å². The lowest BCUT2D eigenvalue weighted by atomic mass is 10.5. The van der Waals surface area contributed by atoms with Crippen LogP contribution in [-0.2, 0) is 16.6 Å². The fourth-order valence-electron chi connectivity index (χ4n) is 1.54. The SMILES string of the molecule is CN(Cc1cccs1)S(=O)(=O)c1ccnc(NN)c1. The molecule has 0 bridgehead atoms. The summed E-state index contributed by atoms with van der Waals surface area (Å²) in [6, 6.07) is 6.64. The number of nitrogens with two attached hydrogens (primary N) is 1. The Labute approximate surface area is 115 Å². The van der Waals surface area contributed by atoms with Crippen molar-refractivity contribution in [3.8, 4) is 0 Å². The van der Waals surface area contributed by atoms with Crippen LogP contribution in [0.5, 0.6) is 0 Å². The highest BCUT2D eigenvalue weighted by Gasteiger charge is 2.21. The Balaban J connectivity index is 2.25. The van der Waals surface area contributed by atoms with Crippen LogP contribution >= 0.6 is 11.3 Å². The first-order valence-electron chi connectivity index (χ1n) is 5.45. The number of anilines is 1. The van der Waals surface area contributed by atoms with E-state index in [0.29, 0.717) is 12.4 Å². The Morgan fingerprint density at radius 1 is 1.47 bits per heavy atom. The van der Waals surface area contributed by atoms with Gasteiger partial charge in [-0.05, 0) is 17.5 Å². The minimum Gasteiger partial charge on any atom is -0.308 e. The molecule has 0 amide bonds. The third-order valence-corrected chi connectivity index (χ3v) is 5.21. The second-order valence-electron chi connectivity index (χ2n) is 3.86. The number of nitrogens with zero attached hydrogens (tertiary/aromatic N) is 2. The summed E-state index contributed by atoms with van der Waals surface area (Å²) >= 11 is 1.52. The van der Waals surface area contributed by atoms with Gasteiger partial charge < -0.3 is 5.43 Å². The van der Waals surface area contributed by atoms with Crippen molar-refractivity contribution in [2.75, 3.05) is 12.5 Å². The Morgan fingerprint density at radius 3 is 2.89 bits per heavy atom. The van der Waals surface area contributed by atoms with Gasteiger partial charge in [-0.3, -0.25) is 0 Å². The predicted molar refractivity (Wildman–Crippen MR) is 75.0 cm³/mol. The molecule has 0 saturated carbocycles. The highest BCUT2D eigenvalue weighted by molar-refractivity contribution is 7.89. The van der Waals surface area contributed by atoms with Crippen LogP contribution < -0.4 is 11.3 Å². The maximum atomic E-state index is 12.4. The smallest absolute Gasteiger partial charge is 0.243 e. The van der Waals surface area contributed by atoms with Crippen LogP contribution in [0.25, 0.3) is 0 Å². The summed E-state index contributed by atoms with van der Waals surface area (Å²) in [5.41, 5.74) is 2.33. The zero-order chi connectivity index (χ0) is 13.9. The third-order valence-electron chi connectivity index (χ3n) is 2.55. The standard InChI is InChI=1S/C11H14N4O2S2/c1-15(8-9-3-2-6-18-9)19(16,17)10-4-5-13-11(7-10)14-12/h2-7H,8,12H2,1H3,(H,13,14). The molecule has 0 unspecified atom stereocenters. The van der Waals surface area contributed by atoms with Crippen LogP contribution in [0.2, 0.25) is 0 Å². The average molecular weight is 298 g/mol.